The minimum Gasteiger partial charge on any atom is -0.368 e. The molecule has 140 valence electrons. The molecule has 2 aromatic heterocycles. The Hall–Kier alpha value is -2.58. The van der Waals surface area contributed by atoms with Crippen molar-refractivity contribution in [1.29, 1.82) is 0 Å². The van der Waals surface area contributed by atoms with Crippen molar-refractivity contribution in [1.82, 2.24) is 20.1 Å². The van der Waals surface area contributed by atoms with Crippen molar-refractivity contribution < 1.29 is 4.79 Å². The smallest absolute Gasteiger partial charge is 0.240 e. The van der Waals surface area contributed by atoms with E-state index in [1.165, 1.54) is 28.0 Å². The number of aryl methyl sites for hydroxylation is 1. The SMILES string of the molecule is Cc1nc2ccccc2c(N2CCN(CC(=O)Nc3nncs3)CC2)c1C. The van der Waals surface area contributed by atoms with E-state index in [1.807, 2.05) is 6.07 Å². The van der Waals surface area contributed by atoms with Gasteiger partial charge >= 0.3 is 0 Å². The van der Waals surface area contributed by atoms with Gasteiger partial charge in [0.05, 0.1) is 17.7 Å². The number of nitrogens with one attached hydrogen (secondary N) is 1. The van der Waals surface area contributed by atoms with Crippen molar-refractivity contribution in [2.75, 3.05) is 42.9 Å². The van der Waals surface area contributed by atoms with Gasteiger partial charge in [-0.25, -0.2) is 0 Å². The Labute approximate surface area is 162 Å². The third kappa shape index (κ3) is 3.77. The van der Waals surface area contributed by atoms with Crippen molar-refractivity contribution in [2.24, 2.45) is 0 Å². The highest BCUT2D eigenvalue weighted by molar-refractivity contribution is 7.13. The van der Waals surface area contributed by atoms with Crippen LogP contribution in [0.5, 0.6) is 0 Å². The van der Waals surface area contributed by atoms with Crippen LogP contribution >= 0.6 is 11.3 Å². The molecule has 0 spiro atoms. The minimum atomic E-state index is -0.0402. The molecule has 1 fully saturated rings. The lowest BCUT2D eigenvalue weighted by atomic mass is 10.1. The van der Waals surface area contributed by atoms with Gasteiger partial charge in [0.2, 0.25) is 11.0 Å². The predicted molar refractivity (Wildman–Crippen MR) is 108 cm³/mol. The zero-order valence-electron chi connectivity index (χ0n) is 15.5. The number of carbonyl (C=O) groups excluding carboxylic acids is 1. The fraction of sp³-hybridized carbons (Fsp3) is 0.368. The van der Waals surface area contributed by atoms with Gasteiger partial charge in [0.1, 0.15) is 5.51 Å². The van der Waals surface area contributed by atoms with Gasteiger partial charge < -0.3 is 4.90 Å². The Morgan fingerprint density at radius 3 is 2.70 bits per heavy atom. The molecule has 1 amide bonds. The Morgan fingerprint density at radius 1 is 1.19 bits per heavy atom. The van der Waals surface area contributed by atoms with Crippen LogP contribution in [-0.2, 0) is 4.79 Å². The molecule has 1 N–H and O–H groups in total. The summed E-state index contributed by atoms with van der Waals surface area (Å²) in [6.45, 7) is 8.06. The van der Waals surface area contributed by atoms with Crippen LogP contribution < -0.4 is 10.2 Å². The van der Waals surface area contributed by atoms with Gasteiger partial charge in [0, 0.05) is 37.3 Å². The molecule has 1 saturated heterocycles. The van der Waals surface area contributed by atoms with Gasteiger partial charge in [-0.3, -0.25) is 20.0 Å². The molecule has 8 heteroatoms. The molecule has 0 atom stereocenters. The minimum absolute atomic E-state index is 0.0402. The maximum absolute atomic E-state index is 12.2. The highest BCUT2D eigenvalue weighted by Gasteiger charge is 2.22. The number of nitrogens with zero attached hydrogens (tertiary/aromatic N) is 5. The Bertz CT molecular complexity index is 950. The molecule has 7 nitrogen and oxygen atoms in total. The van der Waals surface area contributed by atoms with E-state index in [2.05, 4.69) is 57.4 Å². The van der Waals surface area contributed by atoms with Crippen LogP contribution in [0.4, 0.5) is 10.8 Å². The number of carbonyl (C=O) groups is 1. The first kappa shape index (κ1) is 17.8. The van der Waals surface area contributed by atoms with Crippen molar-refractivity contribution in [2.45, 2.75) is 13.8 Å². The summed E-state index contributed by atoms with van der Waals surface area (Å²) in [7, 11) is 0. The molecule has 1 aliphatic heterocycles. The zero-order valence-corrected chi connectivity index (χ0v) is 16.3. The van der Waals surface area contributed by atoms with E-state index in [-0.39, 0.29) is 5.91 Å². The van der Waals surface area contributed by atoms with Crippen LogP contribution in [0, 0.1) is 13.8 Å². The number of hydrogen-bond donors (Lipinski definition) is 1. The monoisotopic (exact) mass is 382 g/mol. The summed E-state index contributed by atoms with van der Waals surface area (Å²) in [6, 6.07) is 8.31. The molecule has 0 unspecified atom stereocenters. The molecule has 1 aromatic carbocycles. The van der Waals surface area contributed by atoms with Crippen LogP contribution in [-0.4, -0.2) is 58.7 Å². The third-order valence-electron chi connectivity index (χ3n) is 5.01. The van der Waals surface area contributed by atoms with Crippen molar-refractivity contribution in [3.8, 4) is 0 Å². The fourth-order valence-electron chi connectivity index (χ4n) is 3.54. The average molecular weight is 382 g/mol. The number of anilines is 2. The lowest BCUT2D eigenvalue weighted by molar-refractivity contribution is -0.117. The van der Waals surface area contributed by atoms with Crippen LogP contribution in [0.1, 0.15) is 11.3 Å². The largest absolute Gasteiger partial charge is 0.368 e. The van der Waals surface area contributed by atoms with Crippen molar-refractivity contribution in [3.63, 3.8) is 0 Å². The molecule has 27 heavy (non-hydrogen) atoms. The summed E-state index contributed by atoms with van der Waals surface area (Å²) in [4.78, 5) is 21.5. The zero-order chi connectivity index (χ0) is 18.8. The first-order chi connectivity index (χ1) is 13.1. The summed E-state index contributed by atoms with van der Waals surface area (Å²) in [5, 5.41) is 12.1. The maximum Gasteiger partial charge on any atom is 0.240 e. The molecule has 1 aliphatic rings. The van der Waals surface area contributed by atoms with E-state index >= 15 is 0 Å². The second-order valence-electron chi connectivity index (χ2n) is 6.74. The van der Waals surface area contributed by atoms with Gasteiger partial charge in [0.15, 0.2) is 0 Å². The van der Waals surface area contributed by atoms with E-state index in [9.17, 15) is 4.79 Å². The van der Waals surface area contributed by atoms with E-state index in [0.29, 0.717) is 11.7 Å². The molecule has 3 heterocycles. The van der Waals surface area contributed by atoms with E-state index in [4.69, 9.17) is 4.98 Å². The number of pyridine rings is 1. The van der Waals surface area contributed by atoms with Gasteiger partial charge in [-0.1, -0.05) is 29.5 Å². The molecule has 0 aliphatic carbocycles. The van der Waals surface area contributed by atoms with E-state index in [0.717, 1.165) is 37.4 Å². The Kier molecular flexibility index (Phi) is 5.00. The molecular weight excluding hydrogens is 360 g/mol. The maximum atomic E-state index is 12.2. The summed E-state index contributed by atoms with van der Waals surface area (Å²) in [5.41, 5.74) is 6.22. The predicted octanol–water partition coefficient (Wildman–Crippen LogP) is 2.46. The van der Waals surface area contributed by atoms with E-state index < -0.39 is 0 Å². The number of fused-ring (bicyclic) bond motifs is 1. The summed E-state index contributed by atoms with van der Waals surface area (Å²) < 4.78 is 0. The average Bonchev–Trinajstić information content (AvgIpc) is 3.16. The number of rotatable bonds is 4. The van der Waals surface area contributed by atoms with Crippen molar-refractivity contribution in [3.05, 3.63) is 41.0 Å². The Morgan fingerprint density at radius 2 is 1.96 bits per heavy atom. The lowest BCUT2D eigenvalue weighted by Crippen LogP contribution is -2.49. The second-order valence-corrected chi connectivity index (χ2v) is 7.58. The molecule has 3 aromatic rings. The van der Waals surface area contributed by atoms with Gasteiger partial charge in [-0.15, -0.1) is 10.2 Å². The number of aromatic nitrogens is 3. The van der Waals surface area contributed by atoms with Gasteiger partial charge in [-0.05, 0) is 25.5 Å². The lowest BCUT2D eigenvalue weighted by Gasteiger charge is -2.37. The number of piperazine rings is 1. The number of amides is 1. The van der Waals surface area contributed by atoms with Crippen LogP contribution in [0.15, 0.2) is 29.8 Å². The molecule has 0 saturated carbocycles. The van der Waals surface area contributed by atoms with E-state index in [1.54, 1.807) is 5.51 Å². The van der Waals surface area contributed by atoms with Gasteiger partial charge in [-0.2, -0.15) is 0 Å². The fourth-order valence-corrected chi connectivity index (χ4v) is 4.00. The molecule has 4 rings (SSSR count). The van der Waals surface area contributed by atoms with Crippen LogP contribution in [0.2, 0.25) is 0 Å². The summed E-state index contributed by atoms with van der Waals surface area (Å²) >= 11 is 1.33. The highest BCUT2D eigenvalue weighted by atomic mass is 32.1. The normalized spacial score (nSPS) is 15.3. The molecule has 0 bridgehead atoms. The highest BCUT2D eigenvalue weighted by Crippen LogP contribution is 2.31. The standard InChI is InChI=1S/C19H22N6OS/c1-13-14(2)21-16-6-4-3-5-15(16)18(13)25-9-7-24(8-10-25)11-17(26)22-19-23-20-12-27-19/h3-6,12H,7-11H2,1-2H3,(H,22,23,26). The summed E-state index contributed by atoms with van der Waals surface area (Å²) in [6.07, 6.45) is 0. The Balaban J connectivity index is 1.44. The topological polar surface area (TPSA) is 74.2 Å². The summed E-state index contributed by atoms with van der Waals surface area (Å²) in [5.74, 6) is -0.0402. The quantitative estimate of drug-likeness (QED) is 0.747. The second kappa shape index (κ2) is 7.58. The van der Waals surface area contributed by atoms with Gasteiger partial charge in [0.25, 0.3) is 0 Å². The number of para-hydroxylation sites is 1. The first-order valence-corrected chi connectivity index (χ1v) is 9.89. The van der Waals surface area contributed by atoms with Crippen LogP contribution in [0.3, 0.4) is 0 Å². The molecular formula is C19H22N6OS. The number of hydrogen-bond acceptors (Lipinski definition) is 7. The molecule has 0 radical (unpaired) electrons. The first-order valence-electron chi connectivity index (χ1n) is 9.01. The van der Waals surface area contributed by atoms with Crippen LogP contribution in [0.25, 0.3) is 10.9 Å². The van der Waals surface area contributed by atoms with Crippen molar-refractivity contribution >= 4 is 39.0 Å². The number of benzene rings is 1. The third-order valence-corrected chi connectivity index (χ3v) is 5.61.